The van der Waals surface area contributed by atoms with Crippen molar-refractivity contribution in [2.75, 3.05) is 13.1 Å². The molecule has 1 aromatic heterocycles. The fourth-order valence-corrected chi connectivity index (χ4v) is 2.10. The zero-order chi connectivity index (χ0) is 14.2. The fraction of sp³-hybridized carbons (Fsp3) is 0.333. The highest BCUT2D eigenvalue weighted by atomic mass is 16.1. The summed E-state index contributed by atoms with van der Waals surface area (Å²) in [6.45, 7) is 1.18. The van der Waals surface area contributed by atoms with E-state index in [-0.39, 0.29) is 5.91 Å². The van der Waals surface area contributed by atoms with Gasteiger partial charge in [0.25, 0.3) is 5.91 Å². The van der Waals surface area contributed by atoms with E-state index in [9.17, 15) is 4.79 Å². The number of nitrogens with zero attached hydrogens (tertiary/aromatic N) is 1. The monoisotopic (exact) mass is 272 g/mol. The summed E-state index contributed by atoms with van der Waals surface area (Å²) in [7, 11) is 0. The number of aromatic amines is 1. The standard InChI is InChI=1S/C15H20N4O/c16-8-7-12-4-1-2-5-13(12)15(20)19-9-3-6-14-17-10-11-18-14/h1-2,4-5,10-11H,3,6-9,16H2,(H,17,18)(H,19,20). The van der Waals surface area contributed by atoms with Crippen LogP contribution in [0.25, 0.3) is 0 Å². The van der Waals surface area contributed by atoms with Gasteiger partial charge in [-0.25, -0.2) is 4.98 Å². The third-order valence-corrected chi connectivity index (χ3v) is 3.11. The first kappa shape index (κ1) is 14.3. The molecule has 0 aliphatic rings. The summed E-state index contributed by atoms with van der Waals surface area (Å²) in [6.07, 6.45) is 5.94. The number of aromatic nitrogens is 2. The lowest BCUT2D eigenvalue weighted by atomic mass is 10.0. The van der Waals surface area contributed by atoms with Crippen molar-refractivity contribution in [3.63, 3.8) is 0 Å². The lowest BCUT2D eigenvalue weighted by Gasteiger charge is -2.09. The number of aryl methyl sites for hydroxylation is 1. The summed E-state index contributed by atoms with van der Waals surface area (Å²) in [6, 6.07) is 7.59. The maximum Gasteiger partial charge on any atom is 0.251 e. The molecule has 5 heteroatoms. The Morgan fingerprint density at radius 3 is 2.90 bits per heavy atom. The van der Waals surface area contributed by atoms with E-state index in [4.69, 9.17) is 5.73 Å². The summed E-state index contributed by atoms with van der Waals surface area (Å²) < 4.78 is 0. The van der Waals surface area contributed by atoms with Crippen molar-refractivity contribution in [3.8, 4) is 0 Å². The summed E-state index contributed by atoms with van der Waals surface area (Å²) in [5.41, 5.74) is 7.28. The number of amides is 1. The van der Waals surface area contributed by atoms with Crippen molar-refractivity contribution >= 4 is 5.91 Å². The van der Waals surface area contributed by atoms with Gasteiger partial charge in [0.15, 0.2) is 0 Å². The van der Waals surface area contributed by atoms with Crippen molar-refractivity contribution < 1.29 is 4.79 Å². The molecule has 0 spiro atoms. The maximum atomic E-state index is 12.1. The van der Waals surface area contributed by atoms with Gasteiger partial charge in [0.2, 0.25) is 0 Å². The molecule has 5 nitrogen and oxygen atoms in total. The molecule has 0 unspecified atom stereocenters. The third-order valence-electron chi connectivity index (χ3n) is 3.11. The lowest BCUT2D eigenvalue weighted by molar-refractivity contribution is 0.0952. The number of hydrogen-bond donors (Lipinski definition) is 3. The molecule has 1 aromatic carbocycles. The van der Waals surface area contributed by atoms with Crippen LogP contribution in [0.3, 0.4) is 0 Å². The van der Waals surface area contributed by atoms with Crippen LogP contribution in [0.15, 0.2) is 36.7 Å². The van der Waals surface area contributed by atoms with Crippen LogP contribution < -0.4 is 11.1 Å². The Kier molecular flexibility index (Phi) is 5.32. The van der Waals surface area contributed by atoms with Gasteiger partial charge in [-0.1, -0.05) is 18.2 Å². The average Bonchev–Trinajstić information content (AvgIpc) is 2.97. The predicted octanol–water partition coefficient (Wildman–Crippen LogP) is 1.27. The molecule has 0 bridgehead atoms. The van der Waals surface area contributed by atoms with Gasteiger partial charge < -0.3 is 16.0 Å². The van der Waals surface area contributed by atoms with Crippen molar-refractivity contribution in [3.05, 3.63) is 53.6 Å². The molecule has 106 valence electrons. The summed E-state index contributed by atoms with van der Waals surface area (Å²) in [5, 5.41) is 2.94. The van der Waals surface area contributed by atoms with Crippen LogP contribution in [-0.2, 0) is 12.8 Å². The van der Waals surface area contributed by atoms with Crippen LogP contribution in [0.5, 0.6) is 0 Å². The van der Waals surface area contributed by atoms with Crippen LogP contribution >= 0.6 is 0 Å². The lowest BCUT2D eigenvalue weighted by Crippen LogP contribution is -2.26. The van der Waals surface area contributed by atoms with E-state index in [0.29, 0.717) is 13.1 Å². The van der Waals surface area contributed by atoms with E-state index < -0.39 is 0 Å². The highest BCUT2D eigenvalue weighted by Gasteiger charge is 2.09. The van der Waals surface area contributed by atoms with Crippen LogP contribution in [0, 0.1) is 0 Å². The topological polar surface area (TPSA) is 83.8 Å². The molecule has 0 aliphatic carbocycles. The number of benzene rings is 1. The number of H-pyrrole nitrogens is 1. The van der Waals surface area contributed by atoms with Gasteiger partial charge in [-0.2, -0.15) is 0 Å². The molecule has 2 aromatic rings. The molecule has 0 fully saturated rings. The van der Waals surface area contributed by atoms with Gasteiger partial charge in [0, 0.05) is 30.9 Å². The van der Waals surface area contributed by atoms with Crippen molar-refractivity contribution in [1.82, 2.24) is 15.3 Å². The molecule has 0 radical (unpaired) electrons. The second kappa shape index (κ2) is 7.45. The van der Waals surface area contributed by atoms with Crippen LogP contribution in [0.4, 0.5) is 0 Å². The number of imidazole rings is 1. The zero-order valence-electron chi connectivity index (χ0n) is 11.4. The minimum Gasteiger partial charge on any atom is -0.352 e. The molecule has 0 atom stereocenters. The fourth-order valence-electron chi connectivity index (χ4n) is 2.10. The molecule has 4 N–H and O–H groups in total. The van der Waals surface area contributed by atoms with Crippen LogP contribution in [0.1, 0.15) is 28.2 Å². The van der Waals surface area contributed by atoms with Gasteiger partial charge in [-0.3, -0.25) is 4.79 Å². The average molecular weight is 272 g/mol. The first-order valence-electron chi connectivity index (χ1n) is 6.85. The van der Waals surface area contributed by atoms with Crippen LogP contribution in [-0.4, -0.2) is 29.0 Å². The van der Waals surface area contributed by atoms with E-state index in [2.05, 4.69) is 15.3 Å². The summed E-state index contributed by atoms with van der Waals surface area (Å²) in [5.74, 6) is 0.913. The Labute approximate surface area is 118 Å². The molecular formula is C15H20N4O. The van der Waals surface area contributed by atoms with Gasteiger partial charge >= 0.3 is 0 Å². The number of carbonyl (C=O) groups excluding carboxylic acids is 1. The highest BCUT2D eigenvalue weighted by Crippen LogP contribution is 2.09. The normalized spacial score (nSPS) is 10.4. The van der Waals surface area contributed by atoms with E-state index in [1.165, 1.54) is 0 Å². The molecule has 1 amide bonds. The van der Waals surface area contributed by atoms with Gasteiger partial charge in [-0.15, -0.1) is 0 Å². The Morgan fingerprint density at radius 2 is 2.15 bits per heavy atom. The quantitative estimate of drug-likeness (QED) is 0.664. The number of carbonyl (C=O) groups is 1. The SMILES string of the molecule is NCCc1ccccc1C(=O)NCCCc1ncc[nH]1. The molecule has 20 heavy (non-hydrogen) atoms. The molecule has 2 rings (SSSR count). The van der Waals surface area contributed by atoms with E-state index in [1.807, 2.05) is 24.3 Å². The highest BCUT2D eigenvalue weighted by molar-refractivity contribution is 5.95. The Bertz CT molecular complexity index is 537. The largest absolute Gasteiger partial charge is 0.352 e. The van der Waals surface area contributed by atoms with E-state index in [0.717, 1.165) is 36.2 Å². The Hall–Kier alpha value is -2.14. The Balaban J connectivity index is 1.82. The predicted molar refractivity (Wildman–Crippen MR) is 78.4 cm³/mol. The van der Waals surface area contributed by atoms with Gasteiger partial charge in [0.05, 0.1) is 0 Å². The van der Waals surface area contributed by atoms with Crippen molar-refractivity contribution in [2.45, 2.75) is 19.3 Å². The van der Waals surface area contributed by atoms with Crippen molar-refractivity contribution in [2.24, 2.45) is 5.73 Å². The second-order valence-corrected chi connectivity index (χ2v) is 4.59. The zero-order valence-corrected chi connectivity index (χ0v) is 11.4. The number of hydrogen-bond acceptors (Lipinski definition) is 3. The van der Waals surface area contributed by atoms with Crippen molar-refractivity contribution in [1.29, 1.82) is 0 Å². The minimum atomic E-state index is -0.0338. The van der Waals surface area contributed by atoms with Crippen LogP contribution in [0.2, 0.25) is 0 Å². The first-order valence-corrected chi connectivity index (χ1v) is 6.85. The number of nitrogens with one attached hydrogen (secondary N) is 2. The number of rotatable bonds is 7. The molecule has 1 heterocycles. The molecule has 0 aliphatic heterocycles. The summed E-state index contributed by atoms with van der Waals surface area (Å²) >= 11 is 0. The van der Waals surface area contributed by atoms with E-state index in [1.54, 1.807) is 12.4 Å². The third kappa shape index (κ3) is 3.93. The van der Waals surface area contributed by atoms with Gasteiger partial charge in [0.1, 0.15) is 5.82 Å². The first-order chi connectivity index (χ1) is 9.81. The maximum absolute atomic E-state index is 12.1. The molecular weight excluding hydrogens is 252 g/mol. The van der Waals surface area contributed by atoms with Gasteiger partial charge in [-0.05, 0) is 31.0 Å². The minimum absolute atomic E-state index is 0.0338. The molecule has 0 saturated carbocycles. The Morgan fingerprint density at radius 1 is 1.30 bits per heavy atom. The smallest absolute Gasteiger partial charge is 0.251 e. The number of nitrogens with two attached hydrogens (primary N) is 1. The van der Waals surface area contributed by atoms with E-state index >= 15 is 0 Å². The molecule has 0 saturated heterocycles. The second-order valence-electron chi connectivity index (χ2n) is 4.59. The summed E-state index contributed by atoms with van der Waals surface area (Å²) in [4.78, 5) is 19.3.